The molecule has 1 aromatic heterocycles. The number of hydrogen-bond donors (Lipinski definition) is 1. The summed E-state index contributed by atoms with van der Waals surface area (Å²) in [6.45, 7) is 6.77. The number of likely N-dealkylation sites (tertiary alicyclic amines) is 1. The molecule has 1 aliphatic heterocycles. The van der Waals surface area contributed by atoms with E-state index in [0.717, 1.165) is 37.2 Å². The predicted molar refractivity (Wildman–Crippen MR) is 112 cm³/mol. The lowest BCUT2D eigenvalue weighted by molar-refractivity contribution is 0.154. The van der Waals surface area contributed by atoms with E-state index in [9.17, 15) is 9.90 Å². The molecule has 1 atom stereocenters. The van der Waals surface area contributed by atoms with Gasteiger partial charge in [-0.25, -0.2) is 0 Å². The molecule has 1 aliphatic rings. The average Bonchev–Trinajstić information content (AvgIpc) is 2.67. The number of aromatic nitrogens is 1. The summed E-state index contributed by atoms with van der Waals surface area (Å²) in [4.78, 5) is 15.7. The molecular formula is C22H29ClN2O3. The van der Waals surface area contributed by atoms with Gasteiger partial charge in [-0.2, -0.15) is 0 Å². The van der Waals surface area contributed by atoms with Crippen LogP contribution in [0, 0.1) is 12.8 Å². The van der Waals surface area contributed by atoms with Crippen molar-refractivity contribution < 1.29 is 9.84 Å². The number of methoxy groups -OCH3 is 1. The lowest BCUT2D eigenvalue weighted by atomic mass is 9.92. The lowest BCUT2D eigenvalue weighted by Crippen LogP contribution is -2.40. The Hall–Kier alpha value is -1.82. The van der Waals surface area contributed by atoms with Gasteiger partial charge in [-0.15, -0.1) is 0 Å². The number of aromatic hydroxyl groups is 1. The first kappa shape index (κ1) is 20.9. The van der Waals surface area contributed by atoms with Crippen molar-refractivity contribution in [3.05, 3.63) is 62.5 Å². The third-order valence-electron chi connectivity index (χ3n) is 5.68. The molecular weight excluding hydrogens is 376 g/mol. The molecule has 0 radical (unpaired) electrons. The standard InChI is InChI=1S/C22H29ClN2O3/c1-15-8-10-24(11-9-15)21(17-4-6-18(23)7-5-17)20-19(26)14-16(2)25(22(20)27)12-13-28-3/h4-7,14-15,21,26H,8-13H2,1-3H3/t21-/m0/s1. The maximum absolute atomic E-state index is 13.4. The van der Waals surface area contributed by atoms with Crippen molar-refractivity contribution in [2.24, 2.45) is 5.92 Å². The predicted octanol–water partition coefficient (Wildman–Crippen LogP) is 3.98. The molecule has 0 saturated carbocycles. The average molecular weight is 405 g/mol. The summed E-state index contributed by atoms with van der Waals surface area (Å²) >= 11 is 6.09. The largest absolute Gasteiger partial charge is 0.507 e. The Bertz CT molecular complexity index is 855. The summed E-state index contributed by atoms with van der Waals surface area (Å²) in [6.07, 6.45) is 2.16. The van der Waals surface area contributed by atoms with Gasteiger partial charge < -0.3 is 14.4 Å². The van der Waals surface area contributed by atoms with Crippen LogP contribution in [-0.2, 0) is 11.3 Å². The van der Waals surface area contributed by atoms with Gasteiger partial charge in [0, 0.05) is 24.4 Å². The summed E-state index contributed by atoms with van der Waals surface area (Å²) in [7, 11) is 1.62. The van der Waals surface area contributed by atoms with Gasteiger partial charge >= 0.3 is 0 Å². The van der Waals surface area contributed by atoms with Crippen LogP contribution in [0.2, 0.25) is 5.02 Å². The highest BCUT2D eigenvalue weighted by molar-refractivity contribution is 6.30. The van der Waals surface area contributed by atoms with Crippen molar-refractivity contribution in [1.82, 2.24) is 9.47 Å². The van der Waals surface area contributed by atoms with Crippen LogP contribution in [0.4, 0.5) is 0 Å². The van der Waals surface area contributed by atoms with E-state index in [-0.39, 0.29) is 17.4 Å². The Morgan fingerprint density at radius 1 is 1.25 bits per heavy atom. The quantitative estimate of drug-likeness (QED) is 0.791. The first-order valence-electron chi connectivity index (χ1n) is 9.84. The molecule has 2 heterocycles. The van der Waals surface area contributed by atoms with Crippen LogP contribution < -0.4 is 5.56 Å². The SMILES string of the molecule is COCCn1c(C)cc(O)c([C@H](c2ccc(Cl)cc2)N2CCC(C)CC2)c1=O. The number of ether oxygens (including phenoxy) is 1. The van der Waals surface area contributed by atoms with Gasteiger partial charge in [-0.3, -0.25) is 9.69 Å². The summed E-state index contributed by atoms with van der Waals surface area (Å²) < 4.78 is 6.85. The summed E-state index contributed by atoms with van der Waals surface area (Å²) in [5, 5.41) is 11.4. The van der Waals surface area contributed by atoms with Gasteiger partial charge in [0.2, 0.25) is 0 Å². The molecule has 0 bridgehead atoms. The second-order valence-corrected chi connectivity index (χ2v) is 8.14. The first-order chi connectivity index (χ1) is 13.4. The Kier molecular flexibility index (Phi) is 6.81. The van der Waals surface area contributed by atoms with Gasteiger partial charge in [-0.05, 0) is 62.5 Å². The smallest absolute Gasteiger partial charge is 0.259 e. The van der Waals surface area contributed by atoms with Crippen LogP contribution in [0.5, 0.6) is 5.75 Å². The van der Waals surface area contributed by atoms with Crippen LogP contribution in [-0.4, -0.2) is 41.4 Å². The number of piperidine rings is 1. The number of rotatable bonds is 6. The van der Waals surface area contributed by atoms with Crippen LogP contribution in [0.1, 0.15) is 42.6 Å². The van der Waals surface area contributed by atoms with Crippen LogP contribution in [0.3, 0.4) is 0 Å². The zero-order chi connectivity index (χ0) is 20.3. The van der Waals surface area contributed by atoms with E-state index in [1.807, 2.05) is 31.2 Å². The fourth-order valence-electron chi connectivity index (χ4n) is 3.98. The van der Waals surface area contributed by atoms with E-state index in [0.29, 0.717) is 29.7 Å². The minimum Gasteiger partial charge on any atom is -0.507 e. The molecule has 1 aromatic carbocycles. The van der Waals surface area contributed by atoms with E-state index in [2.05, 4.69) is 11.8 Å². The van der Waals surface area contributed by atoms with Crippen LogP contribution in [0.25, 0.3) is 0 Å². The van der Waals surface area contributed by atoms with E-state index >= 15 is 0 Å². The number of aryl methyl sites for hydroxylation is 1. The number of hydrogen-bond acceptors (Lipinski definition) is 4. The maximum Gasteiger partial charge on any atom is 0.259 e. The molecule has 0 aliphatic carbocycles. The Morgan fingerprint density at radius 3 is 2.50 bits per heavy atom. The molecule has 28 heavy (non-hydrogen) atoms. The number of benzene rings is 1. The Labute approximate surface area is 171 Å². The summed E-state index contributed by atoms with van der Waals surface area (Å²) in [6, 6.07) is 8.96. The van der Waals surface area contributed by atoms with Crippen molar-refractivity contribution >= 4 is 11.6 Å². The van der Waals surface area contributed by atoms with Crippen LogP contribution >= 0.6 is 11.6 Å². The molecule has 0 amide bonds. The van der Waals surface area contributed by atoms with Crippen LogP contribution in [0.15, 0.2) is 35.1 Å². The zero-order valence-electron chi connectivity index (χ0n) is 16.8. The van der Waals surface area contributed by atoms with Crippen molar-refractivity contribution in [3.8, 4) is 5.75 Å². The van der Waals surface area contributed by atoms with Gasteiger partial charge in [0.05, 0.1) is 18.2 Å². The fourth-order valence-corrected chi connectivity index (χ4v) is 4.10. The topological polar surface area (TPSA) is 54.7 Å². The molecule has 0 spiro atoms. The Morgan fingerprint density at radius 2 is 1.89 bits per heavy atom. The summed E-state index contributed by atoms with van der Waals surface area (Å²) in [5.74, 6) is 0.724. The molecule has 152 valence electrons. The lowest BCUT2D eigenvalue weighted by Gasteiger charge is -2.37. The molecule has 1 fully saturated rings. The van der Waals surface area contributed by atoms with Crippen molar-refractivity contribution in [2.75, 3.05) is 26.8 Å². The molecule has 2 aromatic rings. The zero-order valence-corrected chi connectivity index (χ0v) is 17.6. The van der Waals surface area contributed by atoms with E-state index in [1.54, 1.807) is 17.7 Å². The van der Waals surface area contributed by atoms with E-state index < -0.39 is 0 Å². The highest BCUT2D eigenvalue weighted by Gasteiger charge is 2.31. The third-order valence-corrected chi connectivity index (χ3v) is 5.94. The van der Waals surface area contributed by atoms with E-state index in [4.69, 9.17) is 16.3 Å². The Balaban J connectivity index is 2.12. The van der Waals surface area contributed by atoms with Gasteiger partial charge in [0.15, 0.2) is 0 Å². The number of nitrogens with zero attached hydrogens (tertiary/aromatic N) is 2. The normalized spacial score (nSPS) is 17.0. The summed E-state index contributed by atoms with van der Waals surface area (Å²) in [5.41, 5.74) is 1.96. The van der Waals surface area contributed by atoms with Crippen molar-refractivity contribution in [2.45, 2.75) is 39.3 Å². The first-order valence-corrected chi connectivity index (χ1v) is 10.2. The van der Waals surface area contributed by atoms with Gasteiger partial charge in [0.25, 0.3) is 5.56 Å². The molecule has 5 nitrogen and oxygen atoms in total. The number of halogens is 1. The molecule has 3 rings (SSSR count). The van der Waals surface area contributed by atoms with Gasteiger partial charge in [0.1, 0.15) is 5.75 Å². The highest BCUT2D eigenvalue weighted by atomic mass is 35.5. The third kappa shape index (κ3) is 4.43. The maximum atomic E-state index is 13.4. The monoisotopic (exact) mass is 404 g/mol. The highest BCUT2D eigenvalue weighted by Crippen LogP contribution is 2.35. The molecule has 0 unspecified atom stereocenters. The molecule has 6 heteroatoms. The van der Waals surface area contributed by atoms with Crippen molar-refractivity contribution in [1.29, 1.82) is 0 Å². The number of pyridine rings is 1. The fraction of sp³-hybridized carbons (Fsp3) is 0.500. The van der Waals surface area contributed by atoms with E-state index in [1.165, 1.54) is 0 Å². The second-order valence-electron chi connectivity index (χ2n) is 7.71. The molecule has 1 saturated heterocycles. The minimum absolute atomic E-state index is 0.0507. The molecule has 1 N–H and O–H groups in total. The minimum atomic E-state index is -0.299. The second kappa shape index (κ2) is 9.12. The van der Waals surface area contributed by atoms with Gasteiger partial charge in [-0.1, -0.05) is 30.7 Å². The van der Waals surface area contributed by atoms with Crippen molar-refractivity contribution in [3.63, 3.8) is 0 Å².